The van der Waals surface area contributed by atoms with Crippen molar-refractivity contribution >= 4 is 17.8 Å². The molecule has 0 aromatic carbocycles. The SMILES string of the molecule is C=C[C@@]1(C)CC(=O)[C@]2(O)C3(C)C(C(O)C(OC(=O)CNC(=O)OC(C)(C)C)[C@@]2(C)O1)C(C)(C)CC[C@@H]3O. The summed E-state index contributed by atoms with van der Waals surface area (Å²) in [5.41, 5.74) is -8.42. The summed E-state index contributed by atoms with van der Waals surface area (Å²) in [7, 11) is 0. The van der Waals surface area contributed by atoms with Crippen LogP contribution in [0.3, 0.4) is 0 Å². The largest absolute Gasteiger partial charge is 0.455 e. The zero-order valence-corrected chi connectivity index (χ0v) is 23.2. The number of rotatable bonds is 4. The second-order valence-electron chi connectivity index (χ2n) is 13.1. The van der Waals surface area contributed by atoms with Crippen molar-refractivity contribution < 1.29 is 43.9 Å². The van der Waals surface area contributed by atoms with Gasteiger partial charge in [0.2, 0.25) is 0 Å². The second-order valence-corrected chi connectivity index (χ2v) is 13.1. The quantitative estimate of drug-likeness (QED) is 0.319. The topological polar surface area (TPSA) is 152 Å². The number of hydrogen-bond acceptors (Lipinski definition) is 9. The molecule has 0 bridgehead atoms. The lowest BCUT2D eigenvalue weighted by Gasteiger charge is -2.71. The molecule has 3 aliphatic rings. The number of nitrogens with one attached hydrogen (secondary N) is 1. The van der Waals surface area contributed by atoms with Gasteiger partial charge in [0.25, 0.3) is 0 Å². The van der Waals surface area contributed by atoms with Gasteiger partial charge in [-0.3, -0.25) is 9.59 Å². The molecular formula is C27H43NO9. The number of ether oxygens (including phenoxy) is 3. The molecule has 0 aromatic rings. The molecule has 3 rings (SSSR count). The van der Waals surface area contributed by atoms with Gasteiger partial charge in [0, 0.05) is 17.8 Å². The van der Waals surface area contributed by atoms with Crippen LogP contribution in [0.5, 0.6) is 0 Å². The number of hydrogen-bond donors (Lipinski definition) is 4. The minimum atomic E-state index is -2.31. The number of carbonyl (C=O) groups excluding carboxylic acids is 3. The predicted molar refractivity (Wildman–Crippen MR) is 133 cm³/mol. The smallest absolute Gasteiger partial charge is 0.408 e. The number of ketones is 1. The van der Waals surface area contributed by atoms with E-state index >= 15 is 0 Å². The minimum absolute atomic E-state index is 0.213. The summed E-state index contributed by atoms with van der Waals surface area (Å²) in [5.74, 6) is -2.34. The van der Waals surface area contributed by atoms with Crippen molar-refractivity contribution in [2.45, 2.75) is 115 Å². The first-order valence-corrected chi connectivity index (χ1v) is 12.8. The molecule has 0 radical (unpaired) electrons. The molecule has 10 nitrogen and oxygen atoms in total. The molecule has 0 spiro atoms. The summed E-state index contributed by atoms with van der Waals surface area (Å²) >= 11 is 0. The number of alkyl carbamates (subject to hydrolysis) is 1. The van der Waals surface area contributed by atoms with Crippen LogP contribution in [0.25, 0.3) is 0 Å². The Morgan fingerprint density at radius 1 is 1.19 bits per heavy atom. The average molecular weight is 526 g/mol. The van der Waals surface area contributed by atoms with E-state index < -0.39 is 81.9 Å². The van der Waals surface area contributed by atoms with Gasteiger partial charge in [-0.2, -0.15) is 0 Å². The van der Waals surface area contributed by atoms with Crippen molar-refractivity contribution in [2.75, 3.05) is 6.54 Å². The zero-order chi connectivity index (χ0) is 28.4. The number of Topliss-reactive ketones (excluding diaryl/α,β-unsaturated/α-hetero) is 1. The van der Waals surface area contributed by atoms with Crippen LogP contribution in [0.15, 0.2) is 12.7 Å². The fourth-order valence-electron chi connectivity index (χ4n) is 7.12. The van der Waals surface area contributed by atoms with Gasteiger partial charge in [-0.1, -0.05) is 26.8 Å². The Balaban J connectivity index is 2.06. The third kappa shape index (κ3) is 4.49. The summed E-state index contributed by atoms with van der Waals surface area (Å²) in [4.78, 5) is 38.8. The molecule has 8 atom stereocenters. The summed E-state index contributed by atoms with van der Waals surface area (Å²) in [5, 5.41) is 37.8. The predicted octanol–water partition coefficient (Wildman–Crippen LogP) is 2.02. The number of aliphatic hydroxyl groups is 3. The molecule has 1 amide bonds. The fraction of sp³-hybridized carbons (Fsp3) is 0.815. The molecule has 0 aromatic heterocycles. The Hall–Kier alpha value is -2.01. The van der Waals surface area contributed by atoms with E-state index in [1.165, 1.54) is 13.0 Å². The van der Waals surface area contributed by atoms with Gasteiger partial charge in [-0.25, -0.2) is 4.79 Å². The van der Waals surface area contributed by atoms with Crippen LogP contribution in [0.1, 0.15) is 74.7 Å². The first-order valence-electron chi connectivity index (χ1n) is 12.8. The van der Waals surface area contributed by atoms with Crippen molar-refractivity contribution in [3.63, 3.8) is 0 Å². The van der Waals surface area contributed by atoms with Crippen LogP contribution in [-0.4, -0.2) is 80.4 Å². The molecule has 1 saturated heterocycles. The highest BCUT2D eigenvalue weighted by Crippen LogP contribution is 2.67. The Morgan fingerprint density at radius 3 is 2.32 bits per heavy atom. The Morgan fingerprint density at radius 2 is 1.78 bits per heavy atom. The van der Waals surface area contributed by atoms with Gasteiger partial charge in [0.15, 0.2) is 17.5 Å². The molecule has 4 unspecified atom stereocenters. The molecule has 2 saturated carbocycles. The maximum atomic E-state index is 13.8. The number of amides is 1. The van der Waals surface area contributed by atoms with E-state index in [1.807, 2.05) is 13.8 Å². The van der Waals surface area contributed by atoms with Crippen molar-refractivity contribution in [3.8, 4) is 0 Å². The molecular weight excluding hydrogens is 482 g/mol. The summed E-state index contributed by atoms with van der Waals surface area (Å²) in [6.07, 6.45) is -2.84. The monoisotopic (exact) mass is 525 g/mol. The Kier molecular flexibility index (Phi) is 7.21. The normalized spacial score (nSPS) is 43.2. The molecule has 10 heteroatoms. The van der Waals surface area contributed by atoms with Crippen LogP contribution in [-0.2, 0) is 23.8 Å². The van der Waals surface area contributed by atoms with Crippen molar-refractivity contribution in [3.05, 3.63) is 12.7 Å². The van der Waals surface area contributed by atoms with Gasteiger partial charge in [0.1, 0.15) is 17.7 Å². The molecule has 2 aliphatic carbocycles. The van der Waals surface area contributed by atoms with Gasteiger partial charge < -0.3 is 34.8 Å². The zero-order valence-electron chi connectivity index (χ0n) is 23.2. The standard InChI is InChI=1S/C27H43NO9/c1-10-24(7)13-16(30)27(34)25(8)15(29)11-12-23(5,6)19(25)18(32)20(26(27,9)37-24)35-17(31)14-28-21(33)36-22(2,3)4/h10,15,18-20,29,32,34H,1,11-14H2,2-9H3,(H,28,33)/t15-,18?,19?,20?,24-,25?,26+,27-/m0/s1. The lowest BCUT2D eigenvalue weighted by atomic mass is 9.40. The highest BCUT2D eigenvalue weighted by molar-refractivity contribution is 5.92. The van der Waals surface area contributed by atoms with Gasteiger partial charge >= 0.3 is 12.1 Å². The van der Waals surface area contributed by atoms with Crippen molar-refractivity contribution in [1.29, 1.82) is 0 Å². The average Bonchev–Trinajstić information content (AvgIpc) is 2.74. The van der Waals surface area contributed by atoms with E-state index in [4.69, 9.17) is 14.2 Å². The van der Waals surface area contributed by atoms with Crippen LogP contribution >= 0.6 is 0 Å². The number of aliphatic hydroxyl groups excluding tert-OH is 2. The molecule has 210 valence electrons. The lowest BCUT2D eigenvalue weighted by molar-refractivity contribution is -0.370. The molecule has 4 N–H and O–H groups in total. The highest BCUT2D eigenvalue weighted by Gasteiger charge is 2.81. The van der Waals surface area contributed by atoms with E-state index in [0.717, 1.165) is 0 Å². The summed E-state index contributed by atoms with van der Waals surface area (Å²) < 4.78 is 17.2. The van der Waals surface area contributed by atoms with E-state index in [-0.39, 0.29) is 6.42 Å². The third-order valence-corrected chi connectivity index (χ3v) is 8.76. The van der Waals surface area contributed by atoms with Gasteiger partial charge in [-0.05, 0) is 52.9 Å². The van der Waals surface area contributed by atoms with E-state index in [0.29, 0.717) is 12.8 Å². The lowest BCUT2D eigenvalue weighted by Crippen LogP contribution is -2.86. The Labute approximate surface area is 218 Å². The summed E-state index contributed by atoms with van der Waals surface area (Å²) in [6, 6.07) is 0. The van der Waals surface area contributed by atoms with Crippen molar-refractivity contribution in [1.82, 2.24) is 5.32 Å². The van der Waals surface area contributed by atoms with Crippen LogP contribution in [0.2, 0.25) is 0 Å². The van der Waals surface area contributed by atoms with Crippen LogP contribution in [0, 0.1) is 16.7 Å². The van der Waals surface area contributed by atoms with Gasteiger partial charge in [-0.15, -0.1) is 6.58 Å². The molecule has 1 heterocycles. The highest BCUT2D eigenvalue weighted by atomic mass is 16.6. The third-order valence-electron chi connectivity index (χ3n) is 8.76. The first-order chi connectivity index (χ1) is 16.7. The summed E-state index contributed by atoms with van der Waals surface area (Å²) in [6.45, 7) is 16.6. The molecule has 37 heavy (non-hydrogen) atoms. The minimum Gasteiger partial charge on any atom is -0.455 e. The molecule has 1 aliphatic heterocycles. The number of esters is 1. The van der Waals surface area contributed by atoms with E-state index in [1.54, 1.807) is 34.6 Å². The first kappa shape index (κ1) is 29.5. The van der Waals surface area contributed by atoms with E-state index in [2.05, 4.69) is 11.9 Å². The maximum absolute atomic E-state index is 13.8. The van der Waals surface area contributed by atoms with Crippen LogP contribution in [0.4, 0.5) is 4.79 Å². The van der Waals surface area contributed by atoms with E-state index in [9.17, 15) is 29.7 Å². The fourth-order valence-corrected chi connectivity index (χ4v) is 7.12. The maximum Gasteiger partial charge on any atom is 0.408 e. The van der Waals surface area contributed by atoms with Crippen molar-refractivity contribution in [2.24, 2.45) is 16.7 Å². The molecule has 3 fully saturated rings. The Bertz CT molecular complexity index is 973. The number of fused-ring (bicyclic) bond motifs is 3. The number of carbonyl (C=O) groups is 3. The van der Waals surface area contributed by atoms with Crippen LogP contribution < -0.4 is 5.32 Å². The van der Waals surface area contributed by atoms with Gasteiger partial charge in [0.05, 0.1) is 17.8 Å². The second kappa shape index (κ2) is 9.03.